The number of pyridine rings is 1. The van der Waals surface area contributed by atoms with Gasteiger partial charge in [0, 0.05) is 18.3 Å². The van der Waals surface area contributed by atoms with Crippen LogP contribution in [0.2, 0.25) is 0 Å². The van der Waals surface area contributed by atoms with Crippen molar-refractivity contribution < 1.29 is 4.79 Å². The fourth-order valence-corrected chi connectivity index (χ4v) is 2.32. The Morgan fingerprint density at radius 1 is 1.53 bits per heavy atom. The van der Waals surface area contributed by atoms with Gasteiger partial charge in [0.25, 0.3) is 5.91 Å². The highest BCUT2D eigenvalue weighted by atomic mass is 16.1. The van der Waals surface area contributed by atoms with Crippen LogP contribution in [0.25, 0.3) is 0 Å². The number of nitrogen functional groups attached to an aromatic ring is 1. The first-order chi connectivity index (χ1) is 8.98. The molecule has 2 heterocycles. The summed E-state index contributed by atoms with van der Waals surface area (Å²) in [7, 11) is 2.14. The third-order valence-corrected chi connectivity index (χ3v) is 3.91. The molecule has 0 spiro atoms. The maximum Gasteiger partial charge on any atom is 0.251 e. The number of carbonyl (C=O) groups is 1. The van der Waals surface area contributed by atoms with Crippen molar-refractivity contribution in [2.75, 3.05) is 32.4 Å². The standard InChI is InChI=1S/C14H22N4O/c1-14(4-7-18(2)8-5-14)10-17-13(19)11-3-6-16-12(15)9-11/h3,6,9H,4-5,7-8,10H2,1-2H3,(H2,15,16)(H,17,19). The molecular formula is C14H22N4O. The normalized spacial score (nSPS) is 19.1. The summed E-state index contributed by atoms with van der Waals surface area (Å²) in [5.74, 6) is 0.299. The summed E-state index contributed by atoms with van der Waals surface area (Å²) in [4.78, 5) is 18.3. The Balaban J connectivity index is 1.90. The molecule has 104 valence electrons. The minimum absolute atomic E-state index is 0.0748. The molecule has 19 heavy (non-hydrogen) atoms. The topological polar surface area (TPSA) is 71.2 Å². The molecule has 0 atom stereocenters. The number of carbonyl (C=O) groups excluding carboxylic acids is 1. The molecule has 5 heteroatoms. The molecule has 0 unspecified atom stereocenters. The number of piperidine rings is 1. The van der Waals surface area contributed by atoms with E-state index in [9.17, 15) is 4.79 Å². The van der Waals surface area contributed by atoms with Gasteiger partial charge in [0.15, 0.2) is 0 Å². The quantitative estimate of drug-likeness (QED) is 0.856. The Hall–Kier alpha value is -1.62. The molecule has 0 aliphatic carbocycles. The minimum atomic E-state index is -0.0748. The second-order valence-electron chi connectivity index (χ2n) is 5.77. The van der Waals surface area contributed by atoms with E-state index in [-0.39, 0.29) is 11.3 Å². The zero-order valence-electron chi connectivity index (χ0n) is 11.6. The van der Waals surface area contributed by atoms with Crippen molar-refractivity contribution in [1.82, 2.24) is 15.2 Å². The van der Waals surface area contributed by atoms with Crippen molar-refractivity contribution in [2.24, 2.45) is 5.41 Å². The number of rotatable bonds is 3. The fraction of sp³-hybridized carbons (Fsp3) is 0.571. The lowest BCUT2D eigenvalue weighted by Crippen LogP contribution is -2.43. The van der Waals surface area contributed by atoms with E-state index in [1.807, 2.05) is 0 Å². The van der Waals surface area contributed by atoms with Gasteiger partial charge in [-0.05, 0) is 50.5 Å². The maximum atomic E-state index is 12.0. The van der Waals surface area contributed by atoms with Crippen LogP contribution in [-0.2, 0) is 0 Å². The Morgan fingerprint density at radius 3 is 2.84 bits per heavy atom. The van der Waals surface area contributed by atoms with Gasteiger partial charge in [-0.25, -0.2) is 4.98 Å². The smallest absolute Gasteiger partial charge is 0.251 e. The molecule has 1 saturated heterocycles. The lowest BCUT2D eigenvalue weighted by atomic mass is 9.80. The summed E-state index contributed by atoms with van der Waals surface area (Å²) >= 11 is 0. The van der Waals surface area contributed by atoms with E-state index in [1.165, 1.54) is 0 Å². The monoisotopic (exact) mass is 262 g/mol. The molecule has 0 radical (unpaired) electrons. The van der Waals surface area contributed by atoms with Crippen LogP contribution in [-0.4, -0.2) is 42.5 Å². The van der Waals surface area contributed by atoms with Crippen molar-refractivity contribution in [1.29, 1.82) is 0 Å². The Morgan fingerprint density at radius 2 is 2.21 bits per heavy atom. The third-order valence-electron chi connectivity index (χ3n) is 3.91. The summed E-state index contributed by atoms with van der Waals surface area (Å²) in [6, 6.07) is 3.29. The summed E-state index contributed by atoms with van der Waals surface area (Å²) in [5, 5.41) is 3.01. The van der Waals surface area contributed by atoms with Crippen LogP contribution in [0.3, 0.4) is 0 Å². The molecule has 1 aliphatic rings. The number of anilines is 1. The van der Waals surface area contributed by atoms with E-state index in [0.717, 1.165) is 25.9 Å². The average molecular weight is 262 g/mol. The lowest BCUT2D eigenvalue weighted by molar-refractivity contribution is 0.0891. The summed E-state index contributed by atoms with van der Waals surface area (Å²) in [6.45, 7) is 5.13. The first kappa shape index (κ1) is 13.8. The summed E-state index contributed by atoms with van der Waals surface area (Å²) < 4.78 is 0. The maximum absolute atomic E-state index is 12.0. The van der Waals surface area contributed by atoms with Crippen LogP contribution in [0.5, 0.6) is 0 Å². The van der Waals surface area contributed by atoms with E-state index in [0.29, 0.717) is 17.9 Å². The molecule has 1 aliphatic heterocycles. The molecule has 1 aromatic heterocycles. The van der Waals surface area contributed by atoms with Crippen molar-refractivity contribution in [3.05, 3.63) is 23.9 Å². The Kier molecular flexibility index (Phi) is 4.04. The van der Waals surface area contributed by atoms with E-state index in [2.05, 4.69) is 29.2 Å². The minimum Gasteiger partial charge on any atom is -0.384 e. The van der Waals surface area contributed by atoms with Gasteiger partial charge in [-0.3, -0.25) is 4.79 Å². The number of hydrogen-bond donors (Lipinski definition) is 2. The second-order valence-corrected chi connectivity index (χ2v) is 5.77. The van der Waals surface area contributed by atoms with Crippen LogP contribution in [0.4, 0.5) is 5.82 Å². The molecule has 2 rings (SSSR count). The van der Waals surface area contributed by atoms with Gasteiger partial charge in [0.2, 0.25) is 0 Å². The number of nitrogens with one attached hydrogen (secondary N) is 1. The van der Waals surface area contributed by atoms with E-state index in [4.69, 9.17) is 5.73 Å². The zero-order chi connectivity index (χ0) is 13.9. The molecule has 1 amide bonds. The van der Waals surface area contributed by atoms with Gasteiger partial charge in [-0.2, -0.15) is 0 Å². The van der Waals surface area contributed by atoms with Crippen molar-refractivity contribution in [3.8, 4) is 0 Å². The zero-order valence-corrected chi connectivity index (χ0v) is 11.6. The molecule has 1 fully saturated rings. The highest BCUT2D eigenvalue weighted by molar-refractivity contribution is 5.94. The SMILES string of the molecule is CN1CCC(C)(CNC(=O)c2ccnc(N)c2)CC1. The van der Waals surface area contributed by atoms with Gasteiger partial charge < -0.3 is 16.0 Å². The molecule has 5 nitrogen and oxygen atoms in total. The second kappa shape index (κ2) is 5.57. The van der Waals surface area contributed by atoms with Crippen LogP contribution in [0, 0.1) is 5.41 Å². The van der Waals surface area contributed by atoms with E-state index in [1.54, 1.807) is 18.3 Å². The molecular weight excluding hydrogens is 240 g/mol. The fourth-order valence-electron chi connectivity index (χ4n) is 2.32. The van der Waals surface area contributed by atoms with Gasteiger partial charge in [-0.15, -0.1) is 0 Å². The average Bonchev–Trinajstić information content (AvgIpc) is 2.40. The number of nitrogens with two attached hydrogens (primary N) is 1. The van der Waals surface area contributed by atoms with Crippen LogP contribution in [0.1, 0.15) is 30.1 Å². The van der Waals surface area contributed by atoms with Crippen molar-refractivity contribution >= 4 is 11.7 Å². The number of aromatic nitrogens is 1. The van der Waals surface area contributed by atoms with Crippen molar-refractivity contribution in [2.45, 2.75) is 19.8 Å². The van der Waals surface area contributed by atoms with Gasteiger partial charge in [0.1, 0.15) is 5.82 Å². The van der Waals surface area contributed by atoms with Crippen LogP contribution in [0.15, 0.2) is 18.3 Å². The highest BCUT2D eigenvalue weighted by Crippen LogP contribution is 2.29. The predicted octanol–water partition coefficient (Wildman–Crippen LogP) is 1.13. The lowest BCUT2D eigenvalue weighted by Gasteiger charge is -2.37. The molecule has 0 bridgehead atoms. The Labute approximate surface area is 114 Å². The van der Waals surface area contributed by atoms with Crippen molar-refractivity contribution in [3.63, 3.8) is 0 Å². The predicted molar refractivity (Wildman–Crippen MR) is 75.8 cm³/mol. The van der Waals surface area contributed by atoms with Gasteiger partial charge >= 0.3 is 0 Å². The third kappa shape index (κ3) is 3.67. The van der Waals surface area contributed by atoms with E-state index >= 15 is 0 Å². The number of likely N-dealkylation sites (tertiary alicyclic amines) is 1. The van der Waals surface area contributed by atoms with E-state index < -0.39 is 0 Å². The van der Waals surface area contributed by atoms with Crippen LogP contribution < -0.4 is 11.1 Å². The first-order valence-corrected chi connectivity index (χ1v) is 6.67. The largest absolute Gasteiger partial charge is 0.384 e. The Bertz CT molecular complexity index is 453. The molecule has 3 N–H and O–H groups in total. The molecule has 1 aromatic rings. The number of nitrogens with zero attached hydrogens (tertiary/aromatic N) is 2. The number of hydrogen-bond acceptors (Lipinski definition) is 4. The first-order valence-electron chi connectivity index (χ1n) is 6.67. The van der Waals surface area contributed by atoms with Gasteiger partial charge in [0.05, 0.1) is 0 Å². The summed E-state index contributed by atoms with van der Waals surface area (Å²) in [5.41, 5.74) is 6.35. The van der Waals surface area contributed by atoms with Crippen LogP contribution >= 0.6 is 0 Å². The highest BCUT2D eigenvalue weighted by Gasteiger charge is 2.29. The molecule has 0 saturated carbocycles. The number of amides is 1. The summed E-state index contributed by atoms with van der Waals surface area (Å²) in [6.07, 6.45) is 3.78. The molecule has 0 aromatic carbocycles. The van der Waals surface area contributed by atoms with Gasteiger partial charge in [-0.1, -0.05) is 6.92 Å².